The van der Waals surface area contributed by atoms with E-state index < -0.39 is 0 Å². The molecule has 1 N–H and O–H groups in total. The normalized spacial score (nSPS) is 11.8. The van der Waals surface area contributed by atoms with Crippen LogP contribution in [0.25, 0.3) is 0 Å². The number of carbonyl (C=O) groups excluding carboxylic acids is 1. The Morgan fingerprint density at radius 2 is 2.00 bits per heavy atom. The van der Waals surface area contributed by atoms with E-state index in [4.69, 9.17) is 4.74 Å². The summed E-state index contributed by atoms with van der Waals surface area (Å²) in [6.45, 7) is 1.97. The second-order valence-electron chi connectivity index (χ2n) is 4.78. The van der Waals surface area contributed by atoms with E-state index in [9.17, 15) is 4.79 Å². The quantitative estimate of drug-likeness (QED) is 0.754. The zero-order valence-corrected chi connectivity index (χ0v) is 14.9. The van der Waals surface area contributed by atoms with Crippen LogP contribution >= 0.6 is 27.7 Å². The highest BCUT2D eigenvalue weighted by atomic mass is 79.9. The van der Waals surface area contributed by atoms with E-state index >= 15 is 0 Å². The maximum absolute atomic E-state index is 12.0. The highest BCUT2D eigenvalue weighted by Gasteiger charge is 2.11. The van der Waals surface area contributed by atoms with Gasteiger partial charge >= 0.3 is 0 Å². The average Bonchev–Trinajstić information content (AvgIpc) is 2.53. The highest BCUT2D eigenvalue weighted by molar-refractivity contribution is 9.10. The van der Waals surface area contributed by atoms with Crippen molar-refractivity contribution in [2.24, 2.45) is 0 Å². The van der Waals surface area contributed by atoms with Crippen molar-refractivity contribution < 1.29 is 9.53 Å². The molecule has 116 valence electrons. The minimum atomic E-state index is -0.0499. The molecule has 0 heterocycles. The number of benzene rings is 2. The number of hydrogen-bond acceptors (Lipinski definition) is 3. The number of carbonyl (C=O) groups is 1. The number of rotatable bonds is 6. The van der Waals surface area contributed by atoms with Crippen LogP contribution in [0.1, 0.15) is 18.5 Å². The van der Waals surface area contributed by atoms with E-state index in [1.807, 2.05) is 55.5 Å². The lowest BCUT2D eigenvalue weighted by molar-refractivity contribution is -0.119. The number of thioether (sulfide) groups is 1. The van der Waals surface area contributed by atoms with Crippen LogP contribution in [0.3, 0.4) is 0 Å². The summed E-state index contributed by atoms with van der Waals surface area (Å²) in [5, 5.41) is 3.01. The molecule has 2 aromatic carbocycles. The van der Waals surface area contributed by atoms with E-state index in [0.717, 1.165) is 20.7 Å². The Labute approximate surface area is 143 Å². The molecule has 0 radical (unpaired) electrons. The first-order valence-electron chi connectivity index (χ1n) is 6.91. The maximum Gasteiger partial charge on any atom is 0.230 e. The van der Waals surface area contributed by atoms with Gasteiger partial charge in [0.1, 0.15) is 5.75 Å². The number of hydrogen-bond donors (Lipinski definition) is 1. The van der Waals surface area contributed by atoms with Crippen LogP contribution < -0.4 is 10.1 Å². The summed E-state index contributed by atoms with van der Waals surface area (Å²) in [6.07, 6.45) is 0. The largest absolute Gasteiger partial charge is 0.496 e. The first-order chi connectivity index (χ1) is 10.6. The Bertz CT molecular complexity index is 634. The summed E-state index contributed by atoms with van der Waals surface area (Å²) in [5.74, 6) is 1.21. The van der Waals surface area contributed by atoms with Crippen molar-refractivity contribution in [3.63, 3.8) is 0 Å². The summed E-state index contributed by atoms with van der Waals surface area (Å²) in [5.41, 5.74) is 1.03. The van der Waals surface area contributed by atoms with E-state index in [-0.39, 0.29) is 11.9 Å². The molecule has 0 aliphatic carbocycles. The van der Waals surface area contributed by atoms with Crippen molar-refractivity contribution in [3.05, 3.63) is 58.6 Å². The van der Waals surface area contributed by atoms with E-state index in [1.54, 1.807) is 7.11 Å². The van der Waals surface area contributed by atoms with Gasteiger partial charge in [-0.05, 0) is 52.7 Å². The van der Waals surface area contributed by atoms with Gasteiger partial charge in [-0.1, -0.05) is 24.3 Å². The predicted octanol–water partition coefficient (Wildman–Crippen LogP) is 4.43. The molecule has 0 spiro atoms. The third-order valence-electron chi connectivity index (χ3n) is 3.17. The van der Waals surface area contributed by atoms with Gasteiger partial charge in [0.05, 0.1) is 23.4 Å². The van der Waals surface area contributed by atoms with Crippen molar-refractivity contribution in [3.8, 4) is 5.75 Å². The highest BCUT2D eigenvalue weighted by Crippen LogP contribution is 2.28. The summed E-state index contributed by atoms with van der Waals surface area (Å²) in [4.78, 5) is 13.1. The molecule has 0 unspecified atom stereocenters. The Kier molecular flexibility index (Phi) is 6.34. The topological polar surface area (TPSA) is 38.3 Å². The van der Waals surface area contributed by atoms with E-state index in [1.165, 1.54) is 11.8 Å². The number of amides is 1. The molecule has 0 saturated heterocycles. The van der Waals surface area contributed by atoms with E-state index in [2.05, 4.69) is 21.2 Å². The van der Waals surface area contributed by atoms with Gasteiger partial charge in [0.2, 0.25) is 5.91 Å². The molecule has 1 amide bonds. The molecular formula is C17H18BrNO2S. The van der Waals surface area contributed by atoms with Crippen molar-refractivity contribution in [1.29, 1.82) is 0 Å². The van der Waals surface area contributed by atoms with Gasteiger partial charge in [-0.15, -0.1) is 11.8 Å². The number of nitrogens with one attached hydrogen (secondary N) is 1. The fourth-order valence-corrected chi connectivity index (χ4v) is 3.27. The fraction of sp³-hybridized carbons (Fsp3) is 0.235. The van der Waals surface area contributed by atoms with Crippen LogP contribution in [0.2, 0.25) is 0 Å². The Hall–Kier alpha value is -1.46. The minimum absolute atomic E-state index is 0.0216. The van der Waals surface area contributed by atoms with Crippen LogP contribution in [0.15, 0.2) is 57.9 Å². The Morgan fingerprint density at radius 3 is 2.64 bits per heavy atom. The first kappa shape index (κ1) is 16.9. The van der Waals surface area contributed by atoms with Crippen molar-refractivity contribution in [2.75, 3.05) is 12.9 Å². The van der Waals surface area contributed by atoms with Gasteiger partial charge in [0.15, 0.2) is 0 Å². The van der Waals surface area contributed by atoms with Gasteiger partial charge in [-0.3, -0.25) is 4.79 Å². The first-order valence-corrected chi connectivity index (χ1v) is 8.68. The predicted molar refractivity (Wildman–Crippen MR) is 94.4 cm³/mol. The van der Waals surface area contributed by atoms with E-state index in [0.29, 0.717) is 5.75 Å². The van der Waals surface area contributed by atoms with Gasteiger partial charge < -0.3 is 10.1 Å². The lowest BCUT2D eigenvalue weighted by atomic mass is 10.1. The molecular weight excluding hydrogens is 362 g/mol. The fourth-order valence-electron chi connectivity index (χ4n) is 1.98. The van der Waals surface area contributed by atoms with Crippen LogP contribution in [-0.4, -0.2) is 18.8 Å². The molecule has 0 aliphatic rings. The molecule has 0 bridgehead atoms. The second kappa shape index (κ2) is 8.25. The third-order valence-corrected chi connectivity index (χ3v) is 4.80. The monoisotopic (exact) mass is 379 g/mol. The van der Waals surface area contributed by atoms with Crippen LogP contribution in [0.5, 0.6) is 5.75 Å². The number of methoxy groups -OCH3 is 1. The average molecular weight is 380 g/mol. The molecule has 0 aromatic heterocycles. The lowest BCUT2D eigenvalue weighted by Gasteiger charge is -2.15. The molecule has 2 aromatic rings. The summed E-state index contributed by atoms with van der Waals surface area (Å²) in [7, 11) is 1.63. The van der Waals surface area contributed by atoms with Crippen molar-refractivity contribution >= 4 is 33.6 Å². The smallest absolute Gasteiger partial charge is 0.230 e. The summed E-state index contributed by atoms with van der Waals surface area (Å²) < 4.78 is 6.09. The molecule has 3 nitrogen and oxygen atoms in total. The van der Waals surface area contributed by atoms with Gasteiger partial charge in [0, 0.05) is 4.90 Å². The van der Waals surface area contributed by atoms with Crippen LogP contribution in [-0.2, 0) is 4.79 Å². The third kappa shape index (κ3) is 4.78. The lowest BCUT2D eigenvalue weighted by Crippen LogP contribution is -2.28. The van der Waals surface area contributed by atoms with Gasteiger partial charge in [0.25, 0.3) is 0 Å². The second-order valence-corrected chi connectivity index (χ2v) is 6.69. The van der Waals surface area contributed by atoms with Crippen LogP contribution in [0.4, 0.5) is 0 Å². The molecule has 0 saturated carbocycles. The SMILES string of the molecule is COc1ccc([C@H](C)NC(=O)CSc2ccccc2)cc1Br. The van der Waals surface area contributed by atoms with Crippen LogP contribution in [0, 0.1) is 0 Å². The zero-order valence-electron chi connectivity index (χ0n) is 12.5. The molecule has 22 heavy (non-hydrogen) atoms. The maximum atomic E-state index is 12.0. The standard InChI is InChI=1S/C17H18BrNO2S/c1-12(13-8-9-16(21-2)15(18)10-13)19-17(20)11-22-14-6-4-3-5-7-14/h3-10,12H,11H2,1-2H3,(H,19,20)/t12-/m0/s1. The molecule has 0 fully saturated rings. The van der Waals surface area contributed by atoms with Gasteiger partial charge in [-0.25, -0.2) is 0 Å². The molecule has 1 atom stereocenters. The number of ether oxygens (including phenoxy) is 1. The summed E-state index contributed by atoms with van der Waals surface area (Å²) in [6, 6.07) is 15.7. The zero-order chi connectivity index (χ0) is 15.9. The summed E-state index contributed by atoms with van der Waals surface area (Å²) >= 11 is 4.99. The molecule has 0 aliphatic heterocycles. The Morgan fingerprint density at radius 1 is 1.27 bits per heavy atom. The number of halogens is 1. The molecule has 2 rings (SSSR count). The van der Waals surface area contributed by atoms with Gasteiger partial charge in [-0.2, -0.15) is 0 Å². The molecule has 5 heteroatoms. The Balaban J connectivity index is 1.89. The van der Waals surface area contributed by atoms with Crippen molar-refractivity contribution in [1.82, 2.24) is 5.32 Å². The minimum Gasteiger partial charge on any atom is -0.496 e. The van der Waals surface area contributed by atoms with Crippen molar-refractivity contribution in [2.45, 2.75) is 17.9 Å².